The minimum Gasteiger partial charge on any atom is -0.449 e. The molecule has 1 N–H and O–H groups in total. The average molecular weight is 373 g/mol. The zero-order valence-corrected chi connectivity index (χ0v) is 15.5. The number of benzene rings is 1. The number of nitrogens with one attached hydrogen (secondary N) is 1. The highest BCUT2D eigenvalue weighted by molar-refractivity contribution is 7.89. The highest BCUT2D eigenvalue weighted by Gasteiger charge is 2.15. The van der Waals surface area contributed by atoms with Crippen molar-refractivity contribution < 1.29 is 12.8 Å². The Balaban J connectivity index is 1.73. The lowest BCUT2D eigenvalue weighted by molar-refractivity contribution is 0.521. The third kappa shape index (κ3) is 4.06. The fourth-order valence-electron chi connectivity index (χ4n) is 2.27. The molecule has 0 bridgehead atoms. The molecule has 26 heavy (non-hydrogen) atoms. The molecule has 0 amide bonds. The van der Waals surface area contributed by atoms with E-state index in [0.29, 0.717) is 23.2 Å². The van der Waals surface area contributed by atoms with E-state index in [1.165, 1.54) is 18.4 Å². The topological polar surface area (TPSA) is 101 Å². The second-order valence-corrected chi connectivity index (χ2v) is 7.59. The summed E-state index contributed by atoms with van der Waals surface area (Å²) in [5.41, 5.74) is 1.44. The maximum Gasteiger partial charge on any atom is 0.240 e. The average Bonchev–Trinajstić information content (AvgIpc) is 3.07. The van der Waals surface area contributed by atoms with Gasteiger partial charge in [0.2, 0.25) is 10.0 Å². The quantitative estimate of drug-likeness (QED) is 0.705. The number of aryl methyl sites for hydroxylation is 1. The molecule has 1 aromatic carbocycles. The summed E-state index contributed by atoms with van der Waals surface area (Å²) in [5.74, 6) is 1.66. The first-order chi connectivity index (χ1) is 12.3. The molecule has 2 heterocycles. The van der Waals surface area contributed by atoms with Gasteiger partial charge in [-0.15, -0.1) is 0 Å². The third-order valence-electron chi connectivity index (χ3n) is 3.65. The molecule has 0 atom stereocenters. The van der Waals surface area contributed by atoms with Crippen LogP contribution < -0.4 is 9.62 Å². The number of nitrogens with zero attached hydrogens (tertiary/aromatic N) is 4. The summed E-state index contributed by atoms with van der Waals surface area (Å²) in [7, 11) is 0.0380. The van der Waals surface area contributed by atoms with Crippen molar-refractivity contribution in [3.63, 3.8) is 0 Å². The molecule has 0 spiro atoms. The molecule has 0 radical (unpaired) electrons. The number of sulfonamides is 1. The molecule has 9 heteroatoms. The van der Waals surface area contributed by atoms with E-state index in [-0.39, 0.29) is 11.4 Å². The van der Waals surface area contributed by atoms with Crippen LogP contribution in [0.1, 0.15) is 11.7 Å². The zero-order chi connectivity index (χ0) is 18.7. The van der Waals surface area contributed by atoms with Gasteiger partial charge in [-0.3, -0.25) is 0 Å². The molecule has 8 nitrogen and oxygen atoms in total. The van der Waals surface area contributed by atoms with Gasteiger partial charge in [-0.05, 0) is 18.2 Å². The van der Waals surface area contributed by atoms with Gasteiger partial charge in [0.15, 0.2) is 5.89 Å². The van der Waals surface area contributed by atoms with Gasteiger partial charge in [0.1, 0.15) is 23.6 Å². The van der Waals surface area contributed by atoms with Crippen molar-refractivity contribution in [2.24, 2.45) is 0 Å². The first kappa shape index (κ1) is 18.0. The largest absolute Gasteiger partial charge is 0.449 e. The normalized spacial score (nSPS) is 11.5. The lowest BCUT2D eigenvalue weighted by Gasteiger charge is -2.12. The Kier molecular flexibility index (Phi) is 5.01. The van der Waals surface area contributed by atoms with Crippen LogP contribution >= 0.6 is 0 Å². The molecule has 0 aliphatic carbocycles. The van der Waals surface area contributed by atoms with Gasteiger partial charge in [0.05, 0.1) is 11.4 Å². The highest BCUT2D eigenvalue weighted by Crippen LogP contribution is 2.20. The van der Waals surface area contributed by atoms with Crippen molar-refractivity contribution in [2.75, 3.05) is 19.0 Å². The first-order valence-electron chi connectivity index (χ1n) is 7.86. The molecular formula is C17H19N5O3S. The molecule has 3 rings (SSSR count). The van der Waals surface area contributed by atoms with Gasteiger partial charge < -0.3 is 9.32 Å². The minimum atomic E-state index is -3.67. The van der Waals surface area contributed by atoms with Crippen LogP contribution in [-0.2, 0) is 16.6 Å². The SMILES string of the molecule is Cc1nc(-c2ccc(S(=O)(=O)NCc3nccc(N(C)C)n3)cc2)co1. The van der Waals surface area contributed by atoms with Gasteiger partial charge in [-0.2, -0.15) is 0 Å². The maximum atomic E-state index is 12.5. The van der Waals surface area contributed by atoms with Gasteiger partial charge in [-0.1, -0.05) is 12.1 Å². The van der Waals surface area contributed by atoms with E-state index in [1.54, 1.807) is 31.3 Å². The Morgan fingerprint density at radius 3 is 2.46 bits per heavy atom. The highest BCUT2D eigenvalue weighted by atomic mass is 32.2. The molecule has 0 saturated carbocycles. The number of aromatic nitrogens is 3. The van der Waals surface area contributed by atoms with Gasteiger partial charge in [-0.25, -0.2) is 28.1 Å². The first-order valence-corrected chi connectivity index (χ1v) is 9.35. The van der Waals surface area contributed by atoms with Crippen molar-refractivity contribution in [1.29, 1.82) is 0 Å². The summed E-state index contributed by atoms with van der Waals surface area (Å²) in [6.45, 7) is 1.76. The predicted octanol–water partition coefficient (Wildman–Crippen LogP) is 1.98. The second-order valence-electron chi connectivity index (χ2n) is 5.83. The van der Waals surface area contributed by atoms with Crippen molar-refractivity contribution >= 4 is 15.8 Å². The van der Waals surface area contributed by atoms with Crippen LogP contribution in [0.25, 0.3) is 11.3 Å². The standard InChI is InChI=1S/C17H19N5O3S/c1-12-20-15(11-25-12)13-4-6-14(7-5-13)26(23,24)19-10-16-18-9-8-17(21-16)22(2)3/h4-9,11,19H,10H2,1-3H3. The monoisotopic (exact) mass is 373 g/mol. The molecule has 0 saturated heterocycles. The number of rotatable bonds is 6. The Morgan fingerprint density at radius 1 is 1.12 bits per heavy atom. The fraction of sp³-hybridized carbons (Fsp3) is 0.235. The van der Waals surface area contributed by atoms with Crippen molar-refractivity contribution in [1.82, 2.24) is 19.7 Å². The number of oxazole rings is 1. The zero-order valence-electron chi connectivity index (χ0n) is 14.7. The van der Waals surface area contributed by atoms with Crippen molar-refractivity contribution in [3.05, 3.63) is 54.5 Å². The second kappa shape index (κ2) is 7.22. The van der Waals surface area contributed by atoms with Crippen molar-refractivity contribution in [3.8, 4) is 11.3 Å². The van der Waals surface area contributed by atoms with E-state index >= 15 is 0 Å². The Morgan fingerprint density at radius 2 is 1.85 bits per heavy atom. The lowest BCUT2D eigenvalue weighted by atomic mass is 10.2. The lowest BCUT2D eigenvalue weighted by Crippen LogP contribution is -2.24. The molecule has 0 aliphatic rings. The van der Waals surface area contributed by atoms with Crippen LogP contribution in [0.4, 0.5) is 5.82 Å². The van der Waals surface area contributed by atoms with Gasteiger partial charge in [0, 0.05) is 32.8 Å². The van der Waals surface area contributed by atoms with E-state index in [9.17, 15) is 8.42 Å². The molecule has 2 aromatic heterocycles. The summed E-state index contributed by atoms with van der Waals surface area (Å²) in [6.07, 6.45) is 3.13. The molecule has 136 valence electrons. The van der Waals surface area contributed by atoms with Crippen LogP contribution in [0, 0.1) is 6.92 Å². The molecular weight excluding hydrogens is 354 g/mol. The predicted molar refractivity (Wildman–Crippen MR) is 97.1 cm³/mol. The van der Waals surface area contributed by atoms with E-state index in [0.717, 1.165) is 5.56 Å². The third-order valence-corrected chi connectivity index (χ3v) is 5.07. The molecule has 3 aromatic rings. The van der Waals surface area contributed by atoms with Crippen LogP contribution in [0.3, 0.4) is 0 Å². The molecule has 0 fully saturated rings. The van der Waals surface area contributed by atoms with E-state index in [2.05, 4.69) is 19.7 Å². The Hall–Kier alpha value is -2.78. The Labute approximate surface area is 152 Å². The number of anilines is 1. The van der Waals surface area contributed by atoms with Crippen LogP contribution in [0.15, 0.2) is 52.1 Å². The van der Waals surface area contributed by atoms with E-state index in [1.807, 2.05) is 19.0 Å². The number of hydrogen-bond acceptors (Lipinski definition) is 7. The van der Waals surface area contributed by atoms with E-state index in [4.69, 9.17) is 4.42 Å². The minimum absolute atomic E-state index is 0.00818. The summed E-state index contributed by atoms with van der Waals surface area (Å²) in [5, 5.41) is 0. The maximum absolute atomic E-state index is 12.5. The van der Waals surface area contributed by atoms with Gasteiger partial charge >= 0.3 is 0 Å². The van der Waals surface area contributed by atoms with Gasteiger partial charge in [0.25, 0.3) is 0 Å². The van der Waals surface area contributed by atoms with Crippen molar-refractivity contribution in [2.45, 2.75) is 18.4 Å². The molecule has 0 unspecified atom stereocenters. The summed E-state index contributed by atoms with van der Waals surface area (Å²) in [6, 6.07) is 8.18. The summed E-state index contributed by atoms with van der Waals surface area (Å²) < 4.78 is 32.6. The fourth-order valence-corrected chi connectivity index (χ4v) is 3.25. The van der Waals surface area contributed by atoms with Crippen LogP contribution in [0.5, 0.6) is 0 Å². The summed E-state index contributed by atoms with van der Waals surface area (Å²) in [4.78, 5) is 14.6. The number of hydrogen-bond donors (Lipinski definition) is 1. The summed E-state index contributed by atoms with van der Waals surface area (Å²) >= 11 is 0. The Bertz CT molecular complexity index is 997. The van der Waals surface area contributed by atoms with E-state index < -0.39 is 10.0 Å². The smallest absolute Gasteiger partial charge is 0.240 e. The van der Waals surface area contributed by atoms with Crippen LogP contribution in [-0.4, -0.2) is 37.5 Å². The molecule has 0 aliphatic heterocycles. The van der Waals surface area contributed by atoms with Crippen LogP contribution in [0.2, 0.25) is 0 Å².